The van der Waals surface area contributed by atoms with Gasteiger partial charge in [-0.25, -0.2) is 4.79 Å². The second-order valence-corrected chi connectivity index (χ2v) is 6.39. The summed E-state index contributed by atoms with van der Waals surface area (Å²) in [4.78, 5) is 25.0. The van der Waals surface area contributed by atoms with Crippen molar-refractivity contribution in [2.45, 2.75) is 19.1 Å². The first kappa shape index (κ1) is 19.3. The Kier molecular flexibility index (Phi) is 6.54. The molecule has 3 aromatic rings. The largest absolute Gasteiger partial charge is 0.457 e. The van der Waals surface area contributed by atoms with E-state index in [0.717, 1.165) is 11.1 Å². The van der Waals surface area contributed by atoms with Crippen LogP contribution in [-0.4, -0.2) is 17.9 Å². The van der Waals surface area contributed by atoms with E-state index in [1.54, 1.807) is 24.3 Å². The van der Waals surface area contributed by atoms with Gasteiger partial charge >= 0.3 is 5.97 Å². The van der Waals surface area contributed by atoms with Gasteiger partial charge in [0.25, 0.3) is 0 Å². The van der Waals surface area contributed by atoms with Crippen molar-refractivity contribution < 1.29 is 14.3 Å². The molecule has 1 atom stereocenters. The molecule has 142 valence electrons. The highest BCUT2D eigenvalue weighted by Gasteiger charge is 2.18. The summed E-state index contributed by atoms with van der Waals surface area (Å²) in [5.41, 5.74) is 8.57. The number of nitrogens with two attached hydrogens (primary N) is 1. The molecule has 0 radical (unpaired) electrons. The van der Waals surface area contributed by atoms with Crippen molar-refractivity contribution in [1.29, 1.82) is 0 Å². The van der Waals surface area contributed by atoms with Gasteiger partial charge in [0.05, 0.1) is 17.3 Å². The lowest BCUT2D eigenvalue weighted by molar-refractivity contribution is -0.117. The van der Waals surface area contributed by atoms with E-state index in [4.69, 9.17) is 10.5 Å². The number of carbonyl (C=O) groups excluding carboxylic acids is 2. The minimum atomic E-state index is -0.726. The summed E-state index contributed by atoms with van der Waals surface area (Å²) < 4.78 is 5.37. The number of carbonyl (C=O) groups is 2. The normalized spacial score (nSPS) is 11.5. The van der Waals surface area contributed by atoms with Crippen molar-refractivity contribution in [3.05, 3.63) is 102 Å². The lowest BCUT2D eigenvalue weighted by Crippen LogP contribution is -2.37. The van der Waals surface area contributed by atoms with Crippen LogP contribution in [0.4, 0.5) is 5.69 Å². The van der Waals surface area contributed by atoms with Gasteiger partial charge in [0.1, 0.15) is 6.61 Å². The molecule has 0 aliphatic heterocycles. The second-order valence-electron chi connectivity index (χ2n) is 6.39. The van der Waals surface area contributed by atoms with Gasteiger partial charge < -0.3 is 15.8 Å². The summed E-state index contributed by atoms with van der Waals surface area (Å²) in [7, 11) is 0. The Hall–Kier alpha value is -3.44. The fraction of sp³-hybridized carbons (Fsp3) is 0.130. The molecule has 0 spiro atoms. The fourth-order valence-electron chi connectivity index (χ4n) is 2.76. The number of amides is 1. The van der Waals surface area contributed by atoms with Crippen LogP contribution >= 0.6 is 0 Å². The highest BCUT2D eigenvalue weighted by Crippen LogP contribution is 2.18. The number of ether oxygens (including phenoxy) is 1. The summed E-state index contributed by atoms with van der Waals surface area (Å²) in [6.45, 7) is 0.162. The highest BCUT2D eigenvalue weighted by molar-refractivity contribution is 6.02. The molecule has 0 aliphatic carbocycles. The van der Waals surface area contributed by atoms with Gasteiger partial charge in [0, 0.05) is 0 Å². The number of hydrogen-bond acceptors (Lipinski definition) is 4. The first-order chi connectivity index (χ1) is 13.6. The minimum absolute atomic E-state index is 0.162. The van der Waals surface area contributed by atoms with Gasteiger partial charge in [-0.3, -0.25) is 4.79 Å². The van der Waals surface area contributed by atoms with Crippen LogP contribution in [0.15, 0.2) is 84.9 Å². The zero-order valence-electron chi connectivity index (χ0n) is 15.4. The molecule has 3 N–H and O–H groups in total. The number of hydrogen-bond donors (Lipinski definition) is 2. The Balaban J connectivity index is 1.64. The molecule has 3 rings (SSSR count). The molecular weight excluding hydrogens is 352 g/mol. The molecule has 0 bridgehead atoms. The zero-order chi connectivity index (χ0) is 19.8. The Morgan fingerprint density at radius 1 is 0.821 bits per heavy atom. The molecule has 0 fully saturated rings. The number of benzene rings is 3. The SMILES string of the molecule is N[C@@H](Cc1ccccc1)C(=O)Nc1ccccc1C(=O)OCc1ccccc1. The van der Waals surface area contributed by atoms with E-state index in [-0.39, 0.29) is 12.5 Å². The quantitative estimate of drug-likeness (QED) is 0.620. The molecule has 0 aliphatic rings. The third-order valence-electron chi connectivity index (χ3n) is 4.25. The monoisotopic (exact) mass is 374 g/mol. The predicted octanol–water partition coefficient (Wildman–Crippen LogP) is 3.55. The molecule has 0 saturated carbocycles. The van der Waals surface area contributed by atoms with Crippen LogP contribution in [0.25, 0.3) is 0 Å². The molecule has 0 aromatic heterocycles. The molecule has 3 aromatic carbocycles. The average molecular weight is 374 g/mol. The van der Waals surface area contributed by atoms with Gasteiger partial charge in [-0.15, -0.1) is 0 Å². The number of para-hydroxylation sites is 1. The van der Waals surface area contributed by atoms with Crippen molar-refractivity contribution in [3.8, 4) is 0 Å². The molecular formula is C23H22N2O3. The third-order valence-corrected chi connectivity index (χ3v) is 4.25. The molecule has 0 unspecified atom stereocenters. The van der Waals surface area contributed by atoms with Crippen molar-refractivity contribution in [1.82, 2.24) is 0 Å². The topological polar surface area (TPSA) is 81.4 Å². The second kappa shape index (κ2) is 9.48. The Morgan fingerprint density at radius 3 is 2.07 bits per heavy atom. The van der Waals surface area contributed by atoms with Gasteiger partial charge in [-0.05, 0) is 29.7 Å². The third kappa shape index (κ3) is 5.28. The van der Waals surface area contributed by atoms with E-state index < -0.39 is 12.0 Å². The summed E-state index contributed by atoms with van der Waals surface area (Å²) in [6.07, 6.45) is 0.410. The molecule has 5 heteroatoms. The first-order valence-electron chi connectivity index (χ1n) is 9.04. The van der Waals surface area contributed by atoms with Gasteiger partial charge in [0.15, 0.2) is 0 Å². The van der Waals surface area contributed by atoms with Crippen LogP contribution in [0.1, 0.15) is 21.5 Å². The Bertz CT molecular complexity index is 927. The van der Waals surface area contributed by atoms with Gasteiger partial charge in [-0.2, -0.15) is 0 Å². The van der Waals surface area contributed by atoms with Crippen LogP contribution in [0.2, 0.25) is 0 Å². The molecule has 28 heavy (non-hydrogen) atoms. The average Bonchev–Trinajstić information content (AvgIpc) is 2.74. The number of anilines is 1. The number of nitrogens with one attached hydrogen (secondary N) is 1. The van der Waals surface area contributed by atoms with E-state index in [9.17, 15) is 9.59 Å². The van der Waals surface area contributed by atoms with Gasteiger partial charge in [0.2, 0.25) is 5.91 Å². The van der Waals surface area contributed by atoms with Crippen LogP contribution in [0, 0.1) is 0 Å². The fourth-order valence-corrected chi connectivity index (χ4v) is 2.76. The van der Waals surface area contributed by atoms with Crippen molar-refractivity contribution in [3.63, 3.8) is 0 Å². The molecule has 0 heterocycles. The summed E-state index contributed by atoms with van der Waals surface area (Å²) >= 11 is 0. The molecule has 5 nitrogen and oxygen atoms in total. The number of esters is 1. The zero-order valence-corrected chi connectivity index (χ0v) is 15.4. The van der Waals surface area contributed by atoms with Crippen LogP contribution < -0.4 is 11.1 Å². The summed E-state index contributed by atoms with van der Waals surface area (Å²) in [5, 5.41) is 2.74. The maximum Gasteiger partial charge on any atom is 0.340 e. The Morgan fingerprint density at radius 2 is 1.39 bits per heavy atom. The van der Waals surface area contributed by atoms with E-state index in [2.05, 4.69) is 5.32 Å². The lowest BCUT2D eigenvalue weighted by atomic mass is 10.1. The van der Waals surface area contributed by atoms with E-state index >= 15 is 0 Å². The summed E-state index contributed by atoms with van der Waals surface area (Å²) in [5.74, 6) is -0.858. The van der Waals surface area contributed by atoms with Crippen LogP contribution in [-0.2, 0) is 22.6 Å². The minimum Gasteiger partial charge on any atom is -0.457 e. The Labute approximate surface area is 164 Å². The smallest absolute Gasteiger partial charge is 0.340 e. The summed E-state index contributed by atoms with van der Waals surface area (Å²) in [6, 6.07) is 25.0. The highest BCUT2D eigenvalue weighted by atomic mass is 16.5. The molecule has 1 amide bonds. The number of rotatable bonds is 7. The predicted molar refractivity (Wildman–Crippen MR) is 109 cm³/mol. The van der Waals surface area contributed by atoms with Crippen molar-refractivity contribution in [2.24, 2.45) is 5.73 Å². The molecule has 0 saturated heterocycles. The van der Waals surface area contributed by atoms with Crippen LogP contribution in [0.3, 0.4) is 0 Å². The van der Waals surface area contributed by atoms with E-state index in [1.807, 2.05) is 60.7 Å². The first-order valence-corrected chi connectivity index (χ1v) is 9.04. The van der Waals surface area contributed by atoms with E-state index in [0.29, 0.717) is 17.7 Å². The van der Waals surface area contributed by atoms with Crippen molar-refractivity contribution in [2.75, 3.05) is 5.32 Å². The maximum absolute atomic E-state index is 12.5. The van der Waals surface area contributed by atoms with Gasteiger partial charge in [-0.1, -0.05) is 72.8 Å². The van der Waals surface area contributed by atoms with Crippen LogP contribution in [0.5, 0.6) is 0 Å². The standard InChI is InChI=1S/C23H22N2O3/c24-20(15-17-9-3-1-4-10-17)22(26)25-21-14-8-7-13-19(21)23(27)28-16-18-11-5-2-6-12-18/h1-14,20H,15-16,24H2,(H,25,26)/t20-/m0/s1. The van der Waals surface area contributed by atoms with E-state index in [1.165, 1.54) is 0 Å². The maximum atomic E-state index is 12.5. The lowest BCUT2D eigenvalue weighted by Gasteiger charge is -2.15. The van der Waals surface area contributed by atoms with Crippen molar-refractivity contribution >= 4 is 17.6 Å².